The first-order valence-electron chi connectivity index (χ1n) is 15.7. The Morgan fingerprint density at radius 2 is 0.594 bits per heavy atom. The molecule has 1 heteroatoms. The van der Waals surface area contributed by atoms with Gasteiger partial charge in [-0.25, -0.2) is 0 Å². The molecule has 1 nitrogen and oxygen atoms in total. The van der Waals surface area contributed by atoms with E-state index in [1.807, 2.05) is 0 Å². The molecule has 0 aromatic carbocycles. The first kappa shape index (κ1) is 30.0. The van der Waals surface area contributed by atoms with Crippen molar-refractivity contribution in [2.75, 3.05) is 26.2 Å². The summed E-state index contributed by atoms with van der Waals surface area (Å²) in [6, 6.07) is 0. The average molecular weight is 451 g/mol. The Hall–Kier alpha value is -0.0400. The lowest BCUT2D eigenvalue weighted by Crippen LogP contribution is -2.46. The molecule has 0 aromatic heterocycles. The highest BCUT2D eigenvalue weighted by Gasteiger charge is 2.30. The fourth-order valence-electron chi connectivity index (χ4n) is 5.96. The summed E-state index contributed by atoms with van der Waals surface area (Å²) in [6.07, 6.45) is 36.9. The van der Waals surface area contributed by atoms with Crippen LogP contribution in [0.25, 0.3) is 0 Å². The number of nitrogens with zero attached hydrogens (tertiary/aromatic N) is 1. The molecule has 0 aromatic rings. The first-order valence-corrected chi connectivity index (χ1v) is 15.7. The summed E-state index contributed by atoms with van der Waals surface area (Å²) in [6.45, 7) is 10.6. The van der Waals surface area contributed by atoms with Crippen LogP contribution >= 0.6 is 0 Å². The Labute approximate surface area is 205 Å². The van der Waals surface area contributed by atoms with Crippen LogP contribution in [-0.4, -0.2) is 30.7 Å². The van der Waals surface area contributed by atoms with Gasteiger partial charge in [0.2, 0.25) is 0 Å². The minimum atomic E-state index is 1.37. The molecule has 0 unspecified atom stereocenters. The van der Waals surface area contributed by atoms with Gasteiger partial charge < -0.3 is 4.48 Å². The predicted octanol–water partition coefficient (Wildman–Crippen LogP) is 10.6. The molecule has 1 rings (SSSR count). The van der Waals surface area contributed by atoms with Crippen LogP contribution in [0.2, 0.25) is 0 Å². The van der Waals surface area contributed by atoms with Gasteiger partial charge in [-0.05, 0) is 25.7 Å². The molecule has 192 valence electrons. The predicted molar refractivity (Wildman–Crippen MR) is 147 cm³/mol. The lowest BCUT2D eigenvalue weighted by molar-refractivity contribution is -0.917. The molecule has 1 saturated heterocycles. The molecule has 0 radical (unpaired) electrons. The van der Waals surface area contributed by atoms with E-state index in [1.165, 1.54) is 191 Å². The highest BCUT2D eigenvalue weighted by Crippen LogP contribution is 2.23. The highest BCUT2D eigenvalue weighted by molar-refractivity contribution is 4.57. The molecule has 1 aliphatic heterocycles. The number of unbranched alkanes of at least 4 members (excludes halogenated alkanes) is 21. The summed E-state index contributed by atoms with van der Waals surface area (Å²) in [5.41, 5.74) is 0. The molecule has 1 heterocycles. The fraction of sp³-hybridized carbons (Fsp3) is 1.00. The number of quaternary nitrogens is 1. The smallest absolute Gasteiger partial charge is 0.0788 e. The normalized spacial score (nSPS) is 15.6. The van der Waals surface area contributed by atoms with Gasteiger partial charge in [0, 0.05) is 12.8 Å². The minimum absolute atomic E-state index is 1.37. The Kier molecular flexibility index (Phi) is 21.3. The van der Waals surface area contributed by atoms with Crippen molar-refractivity contribution in [2.24, 2.45) is 0 Å². The lowest BCUT2D eigenvalue weighted by Gasteiger charge is -2.34. The van der Waals surface area contributed by atoms with E-state index in [9.17, 15) is 0 Å². The van der Waals surface area contributed by atoms with Crippen molar-refractivity contribution in [3.05, 3.63) is 0 Å². The molecule has 0 spiro atoms. The van der Waals surface area contributed by atoms with Crippen LogP contribution in [-0.2, 0) is 0 Å². The van der Waals surface area contributed by atoms with Crippen LogP contribution in [0.3, 0.4) is 0 Å². The maximum atomic E-state index is 2.32. The zero-order valence-electron chi connectivity index (χ0n) is 23.0. The number of hydrogen-bond donors (Lipinski definition) is 0. The van der Waals surface area contributed by atoms with E-state index < -0.39 is 0 Å². The maximum Gasteiger partial charge on any atom is 0.0788 e. The van der Waals surface area contributed by atoms with E-state index in [2.05, 4.69) is 13.8 Å². The summed E-state index contributed by atoms with van der Waals surface area (Å²) in [5, 5.41) is 0. The van der Waals surface area contributed by atoms with Crippen molar-refractivity contribution in [1.82, 2.24) is 0 Å². The molecule has 0 saturated carbocycles. The van der Waals surface area contributed by atoms with Gasteiger partial charge in [0.05, 0.1) is 26.2 Å². The number of likely N-dealkylation sites (tertiary alicyclic amines) is 1. The van der Waals surface area contributed by atoms with E-state index in [4.69, 9.17) is 0 Å². The summed E-state index contributed by atoms with van der Waals surface area (Å²) < 4.78 is 1.49. The van der Waals surface area contributed by atoms with Crippen LogP contribution < -0.4 is 0 Å². The molecule has 0 atom stereocenters. The topological polar surface area (TPSA) is 0 Å². The average Bonchev–Trinajstić information content (AvgIpc) is 3.27. The third-order valence-electron chi connectivity index (χ3n) is 8.24. The molecule has 0 bridgehead atoms. The molecule has 0 aliphatic carbocycles. The minimum Gasteiger partial charge on any atom is -0.324 e. The third kappa shape index (κ3) is 17.4. The zero-order chi connectivity index (χ0) is 23.0. The largest absolute Gasteiger partial charge is 0.324 e. The summed E-state index contributed by atoms with van der Waals surface area (Å²) in [5.74, 6) is 0. The van der Waals surface area contributed by atoms with Crippen LogP contribution in [0, 0.1) is 0 Å². The summed E-state index contributed by atoms with van der Waals surface area (Å²) in [7, 11) is 0. The van der Waals surface area contributed by atoms with Gasteiger partial charge in [-0.1, -0.05) is 136 Å². The second-order valence-corrected chi connectivity index (χ2v) is 11.4. The standard InChI is InChI=1S/C31H64N/c1-3-5-7-9-11-13-14-15-16-17-18-19-21-23-25-29-32(30-26-27-31-32)28-24-22-20-12-10-8-6-4-2/h3-31H2,1-2H3/q+1. The third-order valence-corrected chi connectivity index (χ3v) is 8.24. The van der Waals surface area contributed by atoms with Crippen molar-refractivity contribution in [1.29, 1.82) is 0 Å². The van der Waals surface area contributed by atoms with Gasteiger partial charge in [-0.15, -0.1) is 0 Å². The van der Waals surface area contributed by atoms with E-state index in [0.29, 0.717) is 0 Å². The van der Waals surface area contributed by atoms with Gasteiger partial charge in [0.15, 0.2) is 0 Å². The SMILES string of the molecule is CCCCCCCCCCCCCCCCC[N+]1(CCCCCCCCCC)CCCC1. The quantitative estimate of drug-likeness (QED) is 0.0958. The van der Waals surface area contributed by atoms with Crippen LogP contribution in [0.15, 0.2) is 0 Å². The van der Waals surface area contributed by atoms with E-state index in [1.54, 1.807) is 0 Å². The maximum absolute atomic E-state index is 2.32. The number of rotatable bonds is 25. The van der Waals surface area contributed by atoms with Crippen molar-refractivity contribution in [2.45, 2.75) is 174 Å². The number of hydrogen-bond acceptors (Lipinski definition) is 0. The summed E-state index contributed by atoms with van der Waals surface area (Å²) in [4.78, 5) is 0. The van der Waals surface area contributed by atoms with E-state index in [0.717, 1.165) is 0 Å². The van der Waals surface area contributed by atoms with Crippen molar-refractivity contribution in [3.63, 3.8) is 0 Å². The van der Waals surface area contributed by atoms with Gasteiger partial charge >= 0.3 is 0 Å². The van der Waals surface area contributed by atoms with Gasteiger partial charge in [-0.2, -0.15) is 0 Å². The molecule has 1 fully saturated rings. The molecule has 0 N–H and O–H groups in total. The highest BCUT2D eigenvalue weighted by atomic mass is 15.4. The Morgan fingerprint density at radius 1 is 0.344 bits per heavy atom. The first-order chi connectivity index (χ1) is 15.8. The van der Waals surface area contributed by atoms with Crippen LogP contribution in [0.1, 0.15) is 174 Å². The van der Waals surface area contributed by atoms with Crippen molar-refractivity contribution < 1.29 is 4.48 Å². The Bertz CT molecular complexity index is 357. The monoisotopic (exact) mass is 451 g/mol. The molecule has 32 heavy (non-hydrogen) atoms. The van der Waals surface area contributed by atoms with Gasteiger partial charge in [0.25, 0.3) is 0 Å². The van der Waals surface area contributed by atoms with E-state index in [-0.39, 0.29) is 0 Å². The Morgan fingerprint density at radius 3 is 0.875 bits per heavy atom. The van der Waals surface area contributed by atoms with Crippen molar-refractivity contribution >= 4 is 0 Å². The second-order valence-electron chi connectivity index (χ2n) is 11.4. The molecule has 0 amide bonds. The van der Waals surface area contributed by atoms with Gasteiger partial charge in [-0.3, -0.25) is 0 Å². The van der Waals surface area contributed by atoms with Gasteiger partial charge in [0.1, 0.15) is 0 Å². The lowest BCUT2D eigenvalue weighted by atomic mass is 10.0. The molecular weight excluding hydrogens is 386 g/mol. The second kappa shape index (κ2) is 22.7. The molecular formula is C31H64N+. The Balaban J connectivity index is 1.89. The molecule has 1 aliphatic rings. The van der Waals surface area contributed by atoms with Crippen LogP contribution in [0.5, 0.6) is 0 Å². The summed E-state index contributed by atoms with van der Waals surface area (Å²) >= 11 is 0. The van der Waals surface area contributed by atoms with E-state index >= 15 is 0 Å². The van der Waals surface area contributed by atoms with Crippen molar-refractivity contribution in [3.8, 4) is 0 Å². The fourth-order valence-corrected chi connectivity index (χ4v) is 5.96. The van der Waals surface area contributed by atoms with Crippen LogP contribution in [0.4, 0.5) is 0 Å². The zero-order valence-corrected chi connectivity index (χ0v) is 23.0.